The lowest BCUT2D eigenvalue weighted by atomic mass is 9.44. The molecule has 3 heterocycles. The van der Waals surface area contributed by atoms with E-state index in [1.807, 2.05) is 23.9 Å². The Labute approximate surface area is 283 Å². The molecule has 1 N–H and O–H groups in total. The van der Waals surface area contributed by atoms with Crippen molar-refractivity contribution in [3.63, 3.8) is 0 Å². The monoisotopic (exact) mass is 654 g/mol. The van der Waals surface area contributed by atoms with Gasteiger partial charge in [-0.3, -0.25) is 14.4 Å². The summed E-state index contributed by atoms with van der Waals surface area (Å²) in [7, 11) is 3.77. The lowest BCUT2D eigenvalue weighted by Gasteiger charge is -2.61. The van der Waals surface area contributed by atoms with Crippen LogP contribution in [0, 0.1) is 52.3 Å². The van der Waals surface area contributed by atoms with E-state index in [0.717, 1.165) is 43.6 Å². The Kier molecular flexibility index (Phi) is 9.03. The molecule has 47 heavy (non-hydrogen) atoms. The summed E-state index contributed by atoms with van der Waals surface area (Å²) in [6.07, 6.45) is 12.1. The summed E-state index contributed by atoms with van der Waals surface area (Å²) >= 11 is 0. The second kappa shape index (κ2) is 12.6. The average molecular weight is 655 g/mol. The Bertz CT molecular complexity index is 1210. The van der Waals surface area contributed by atoms with Crippen LogP contribution in [0.2, 0.25) is 0 Å². The van der Waals surface area contributed by atoms with Crippen LogP contribution in [0.1, 0.15) is 98.3 Å². The van der Waals surface area contributed by atoms with E-state index in [9.17, 15) is 14.4 Å². The number of ether oxygens (including phenoxy) is 2. The molecular weight excluding hydrogens is 592 g/mol. The zero-order valence-corrected chi connectivity index (χ0v) is 30.1. The molecule has 7 aliphatic rings. The molecule has 3 amide bonds. The first-order valence-corrected chi connectivity index (χ1v) is 19.1. The maximum atomic E-state index is 13.1. The zero-order valence-electron chi connectivity index (χ0n) is 30.1. The Morgan fingerprint density at radius 3 is 2.21 bits per heavy atom. The van der Waals surface area contributed by atoms with Crippen molar-refractivity contribution in [2.45, 2.75) is 116 Å². The molecule has 0 aromatic heterocycles. The van der Waals surface area contributed by atoms with Crippen LogP contribution in [-0.4, -0.2) is 104 Å². The summed E-state index contributed by atoms with van der Waals surface area (Å²) < 4.78 is 13.5. The van der Waals surface area contributed by atoms with Crippen LogP contribution in [0.25, 0.3) is 0 Å². The van der Waals surface area contributed by atoms with Crippen LogP contribution in [0.15, 0.2) is 0 Å². The number of hydrogen-bond donors (Lipinski definition) is 1. The van der Waals surface area contributed by atoms with Gasteiger partial charge in [-0.15, -0.1) is 0 Å². The van der Waals surface area contributed by atoms with E-state index in [1.54, 1.807) is 4.90 Å². The molecule has 9 heteroatoms. The maximum absolute atomic E-state index is 13.1. The topological polar surface area (TPSA) is 91.4 Å². The molecule has 264 valence electrons. The highest BCUT2D eigenvalue weighted by Gasteiger charge is 2.69. The molecule has 4 saturated carbocycles. The molecule has 1 unspecified atom stereocenters. The Hall–Kier alpha value is -1.71. The fourth-order valence-electron chi connectivity index (χ4n) is 12.5. The Morgan fingerprint density at radius 2 is 1.53 bits per heavy atom. The van der Waals surface area contributed by atoms with Crippen molar-refractivity contribution in [1.82, 2.24) is 20.0 Å². The number of nitrogens with zero attached hydrogens (tertiary/aromatic N) is 3. The zero-order chi connectivity index (χ0) is 33.3. The van der Waals surface area contributed by atoms with E-state index < -0.39 is 0 Å². The third-order valence-corrected chi connectivity index (χ3v) is 15.0. The number of likely N-dealkylation sites (N-methyl/N-ethyl adjacent to an activating group) is 1. The molecule has 3 aliphatic heterocycles. The number of nitrogens with one attached hydrogen (secondary N) is 1. The molecule has 7 rings (SSSR count). The number of fused-ring (bicyclic) bond motifs is 7. The summed E-state index contributed by atoms with van der Waals surface area (Å²) in [5.74, 6) is 4.11. The van der Waals surface area contributed by atoms with E-state index in [0.29, 0.717) is 73.3 Å². The van der Waals surface area contributed by atoms with Crippen molar-refractivity contribution < 1.29 is 23.9 Å². The van der Waals surface area contributed by atoms with Crippen molar-refractivity contribution in [2.75, 3.05) is 53.4 Å². The summed E-state index contributed by atoms with van der Waals surface area (Å²) in [5.41, 5.74) is 0.676. The minimum Gasteiger partial charge on any atom is -0.353 e. The van der Waals surface area contributed by atoms with Gasteiger partial charge in [-0.1, -0.05) is 27.7 Å². The SMILES string of the molecule is C[C@H]1CC[C@@]2(OC1)O[C@H]1C[C@H]3[C@@H]4CC[C@@H]5C[C@@H](NC(=O)CC(=O)N6CCN(C(=O)CN(C)C)CC6)CC[C@]5(C)C4CC[C@]3(C)[C@H]1[C@@H]2C. The van der Waals surface area contributed by atoms with Crippen molar-refractivity contribution >= 4 is 17.7 Å². The quantitative estimate of drug-likeness (QED) is 0.438. The molecule has 0 bridgehead atoms. The molecule has 0 aromatic rings. The predicted molar refractivity (Wildman–Crippen MR) is 180 cm³/mol. The van der Waals surface area contributed by atoms with Crippen molar-refractivity contribution in [2.24, 2.45) is 52.3 Å². The van der Waals surface area contributed by atoms with E-state index in [4.69, 9.17) is 9.47 Å². The minimum absolute atomic E-state index is 0.0900. The van der Waals surface area contributed by atoms with Gasteiger partial charge in [0.1, 0.15) is 6.42 Å². The largest absolute Gasteiger partial charge is 0.353 e. The fourth-order valence-corrected chi connectivity index (χ4v) is 12.5. The lowest BCUT2D eigenvalue weighted by Crippen LogP contribution is -2.56. The second-order valence-corrected chi connectivity index (χ2v) is 17.9. The predicted octanol–water partition coefficient (Wildman–Crippen LogP) is 4.54. The van der Waals surface area contributed by atoms with Gasteiger partial charge in [0, 0.05) is 44.6 Å². The summed E-state index contributed by atoms with van der Waals surface area (Å²) in [6, 6.07) is 0.161. The third-order valence-electron chi connectivity index (χ3n) is 15.0. The van der Waals surface area contributed by atoms with E-state index in [2.05, 4.69) is 33.0 Å². The number of carbonyl (C=O) groups is 3. The van der Waals surface area contributed by atoms with Crippen molar-refractivity contribution in [3.8, 4) is 0 Å². The highest BCUT2D eigenvalue weighted by atomic mass is 16.7. The lowest BCUT2D eigenvalue weighted by molar-refractivity contribution is -0.273. The third kappa shape index (κ3) is 5.86. The summed E-state index contributed by atoms with van der Waals surface area (Å²) in [4.78, 5) is 43.9. The number of rotatable bonds is 5. The molecule has 12 atom stereocenters. The van der Waals surface area contributed by atoms with Crippen molar-refractivity contribution in [1.29, 1.82) is 0 Å². The molecule has 0 aromatic carbocycles. The molecule has 0 radical (unpaired) electrons. The molecule has 9 nitrogen and oxygen atoms in total. The number of piperazine rings is 1. The number of amides is 3. The Balaban J connectivity index is 0.916. The number of hydrogen-bond acceptors (Lipinski definition) is 6. The van der Waals surface area contributed by atoms with Crippen LogP contribution in [0.5, 0.6) is 0 Å². The smallest absolute Gasteiger partial charge is 0.236 e. The normalized spacial score (nSPS) is 46.1. The van der Waals surface area contributed by atoms with Gasteiger partial charge in [0.15, 0.2) is 5.79 Å². The fraction of sp³-hybridized carbons (Fsp3) is 0.921. The van der Waals surface area contributed by atoms with Gasteiger partial charge >= 0.3 is 0 Å². The number of carbonyl (C=O) groups excluding carboxylic acids is 3. The average Bonchev–Trinajstić information content (AvgIpc) is 3.48. The molecule has 3 saturated heterocycles. The highest BCUT2D eigenvalue weighted by molar-refractivity contribution is 5.97. The van der Waals surface area contributed by atoms with E-state index >= 15 is 0 Å². The van der Waals surface area contributed by atoms with E-state index in [1.165, 1.54) is 44.9 Å². The van der Waals surface area contributed by atoms with Crippen LogP contribution < -0.4 is 5.32 Å². The van der Waals surface area contributed by atoms with Gasteiger partial charge in [0.2, 0.25) is 17.7 Å². The van der Waals surface area contributed by atoms with Crippen LogP contribution in [0.3, 0.4) is 0 Å². The first kappa shape index (κ1) is 33.8. The first-order valence-electron chi connectivity index (χ1n) is 19.1. The van der Waals surface area contributed by atoms with E-state index in [-0.39, 0.29) is 36.0 Å². The van der Waals surface area contributed by atoms with Gasteiger partial charge in [-0.2, -0.15) is 0 Å². The van der Waals surface area contributed by atoms with Gasteiger partial charge in [0.25, 0.3) is 0 Å². The molecular formula is C38H62N4O5. The maximum Gasteiger partial charge on any atom is 0.236 e. The van der Waals surface area contributed by atoms with Crippen LogP contribution in [-0.2, 0) is 23.9 Å². The molecule has 7 fully saturated rings. The standard InChI is InChI=1S/C38H62N4O5/c1-24-9-14-38(46-23-24)25(2)35-31(47-38)20-30-28-8-7-26-19-27(10-12-36(26,3)29(28)11-13-37(30,35)4)39-32(43)21-33(44)41-15-17-42(18-16-41)34(45)22-40(5)6/h24-31,35H,7-23H2,1-6H3,(H,39,43)/t24-,25-,26+,27-,28+,29?,30-,31-,35-,36-,37-,38+/m0/s1. The summed E-state index contributed by atoms with van der Waals surface area (Å²) in [6.45, 7) is 13.2. The van der Waals surface area contributed by atoms with Crippen LogP contribution >= 0.6 is 0 Å². The summed E-state index contributed by atoms with van der Waals surface area (Å²) in [5, 5.41) is 3.28. The van der Waals surface area contributed by atoms with Crippen LogP contribution in [0.4, 0.5) is 0 Å². The van der Waals surface area contributed by atoms with Crippen molar-refractivity contribution in [3.05, 3.63) is 0 Å². The first-order chi connectivity index (χ1) is 22.3. The highest BCUT2D eigenvalue weighted by Crippen LogP contribution is 2.71. The van der Waals surface area contributed by atoms with Gasteiger partial charge in [-0.25, -0.2) is 0 Å². The second-order valence-electron chi connectivity index (χ2n) is 17.9. The van der Waals surface area contributed by atoms with Gasteiger partial charge in [-0.05, 0) is 118 Å². The molecule has 4 aliphatic carbocycles. The Morgan fingerprint density at radius 1 is 0.830 bits per heavy atom. The minimum atomic E-state index is -0.342. The molecule has 1 spiro atoms. The van der Waals surface area contributed by atoms with Gasteiger partial charge in [0.05, 0.1) is 19.3 Å². The van der Waals surface area contributed by atoms with Gasteiger partial charge < -0.3 is 29.5 Å².